The van der Waals surface area contributed by atoms with Crippen LogP contribution in [-0.4, -0.2) is 47.3 Å². The number of anilines is 3. The fraction of sp³-hybridized carbons (Fsp3) is 0.333. The van der Waals surface area contributed by atoms with E-state index in [1.165, 1.54) is 17.4 Å². The Labute approximate surface area is 187 Å². The second-order valence-corrected chi connectivity index (χ2v) is 8.88. The molecule has 0 aliphatic carbocycles. The molecule has 0 bridgehead atoms. The third-order valence-corrected chi connectivity index (χ3v) is 5.89. The highest BCUT2D eigenvalue weighted by atomic mass is 16.5. The molecule has 0 unspecified atom stereocenters. The maximum absolute atomic E-state index is 12.3. The lowest BCUT2D eigenvalue weighted by Gasteiger charge is -2.41. The maximum atomic E-state index is 12.3. The normalized spacial score (nSPS) is 16.2. The van der Waals surface area contributed by atoms with Gasteiger partial charge in [-0.05, 0) is 43.2 Å². The first-order valence-corrected chi connectivity index (χ1v) is 10.8. The molecule has 2 amide bonds. The minimum Gasteiger partial charge on any atom is -0.380 e. The van der Waals surface area contributed by atoms with Crippen LogP contribution >= 0.6 is 0 Å². The summed E-state index contributed by atoms with van der Waals surface area (Å²) in [4.78, 5) is 27.8. The lowest BCUT2D eigenvalue weighted by Crippen LogP contribution is -2.48. The summed E-state index contributed by atoms with van der Waals surface area (Å²) in [7, 11) is 0. The van der Waals surface area contributed by atoms with Crippen molar-refractivity contribution in [2.75, 3.05) is 41.8 Å². The van der Waals surface area contributed by atoms with Crippen molar-refractivity contribution >= 4 is 23.2 Å². The summed E-state index contributed by atoms with van der Waals surface area (Å²) in [5.41, 5.74) is 6.07. The quantitative estimate of drug-likeness (QED) is 0.638. The molecule has 1 fully saturated rings. The minimum absolute atomic E-state index is 0.251. The van der Waals surface area contributed by atoms with Crippen LogP contribution in [0.25, 0.3) is 11.3 Å². The number of pyridine rings is 1. The third-order valence-electron chi connectivity index (χ3n) is 5.89. The van der Waals surface area contributed by atoms with Gasteiger partial charge < -0.3 is 15.0 Å². The van der Waals surface area contributed by atoms with Crippen LogP contribution in [0.3, 0.4) is 0 Å². The predicted octanol–water partition coefficient (Wildman–Crippen LogP) is 3.89. The number of aromatic nitrogens is 3. The SMILES string of the molecule is Cc1ccc(NC(=O)Nc2cncc(-c3ccc4c(c3)CCN4CC3(C)COC3)n2)cn1. The first-order valence-electron chi connectivity index (χ1n) is 10.8. The molecule has 8 nitrogen and oxygen atoms in total. The van der Waals surface area contributed by atoms with Gasteiger partial charge in [-0.1, -0.05) is 13.0 Å². The fourth-order valence-electron chi connectivity index (χ4n) is 4.18. The number of benzene rings is 1. The van der Waals surface area contributed by atoms with E-state index in [2.05, 4.69) is 55.6 Å². The third kappa shape index (κ3) is 4.27. The number of carbonyl (C=O) groups is 1. The summed E-state index contributed by atoms with van der Waals surface area (Å²) in [5.74, 6) is 0.389. The van der Waals surface area contributed by atoms with Gasteiger partial charge in [-0.15, -0.1) is 0 Å². The van der Waals surface area contributed by atoms with Crippen LogP contribution < -0.4 is 15.5 Å². The Kier molecular flexibility index (Phi) is 5.22. The number of carbonyl (C=O) groups excluding carboxylic acids is 1. The van der Waals surface area contributed by atoms with E-state index in [4.69, 9.17) is 4.74 Å². The second kappa shape index (κ2) is 8.20. The first kappa shape index (κ1) is 20.4. The molecule has 32 heavy (non-hydrogen) atoms. The monoisotopic (exact) mass is 430 g/mol. The van der Waals surface area contributed by atoms with Crippen LogP contribution in [-0.2, 0) is 11.2 Å². The van der Waals surface area contributed by atoms with Gasteiger partial charge in [-0.2, -0.15) is 0 Å². The van der Waals surface area contributed by atoms with E-state index < -0.39 is 0 Å². The minimum atomic E-state index is -0.389. The highest BCUT2D eigenvalue weighted by Gasteiger charge is 2.36. The maximum Gasteiger partial charge on any atom is 0.324 e. The van der Waals surface area contributed by atoms with Crippen LogP contribution in [0.5, 0.6) is 0 Å². The molecule has 1 saturated heterocycles. The number of rotatable bonds is 5. The smallest absolute Gasteiger partial charge is 0.324 e. The number of aryl methyl sites for hydroxylation is 1. The summed E-state index contributed by atoms with van der Waals surface area (Å²) in [6, 6.07) is 9.67. The number of nitrogens with one attached hydrogen (secondary N) is 2. The molecule has 0 saturated carbocycles. The number of hydrogen-bond acceptors (Lipinski definition) is 6. The fourth-order valence-corrected chi connectivity index (χ4v) is 4.18. The van der Waals surface area contributed by atoms with Gasteiger partial charge in [0, 0.05) is 35.4 Å². The van der Waals surface area contributed by atoms with E-state index in [-0.39, 0.29) is 11.4 Å². The van der Waals surface area contributed by atoms with Crippen LogP contribution in [0.15, 0.2) is 48.9 Å². The molecule has 2 N–H and O–H groups in total. The number of nitrogens with zero attached hydrogens (tertiary/aromatic N) is 4. The Morgan fingerprint density at radius 2 is 2.03 bits per heavy atom. The Morgan fingerprint density at radius 3 is 2.78 bits per heavy atom. The Bertz CT molecular complexity index is 1140. The van der Waals surface area contributed by atoms with Gasteiger partial charge in [0.15, 0.2) is 5.82 Å². The molecule has 0 atom stereocenters. The highest BCUT2D eigenvalue weighted by Crippen LogP contribution is 2.36. The highest BCUT2D eigenvalue weighted by molar-refractivity contribution is 5.99. The number of ether oxygens (including phenoxy) is 1. The molecule has 1 aromatic carbocycles. The first-order chi connectivity index (χ1) is 15.5. The van der Waals surface area contributed by atoms with Crippen molar-refractivity contribution in [1.29, 1.82) is 0 Å². The van der Waals surface area contributed by atoms with Crippen LogP contribution in [0.2, 0.25) is 0 Å². The molecular weight excluding hydrogens is 404 g/mol. The Hall–Kier alpha value is -3.52. The zero-order chi connectivity index (χ0) is 22.1. The average molecular weight is 431 g/mol. The summed E-state index contributed by atoms with van der Waals surface area (Å²) in [6.07, 6.45) is 5.88. The van der Waals surface area contributed by atoms with Crippen molar-refractivity contribution in [1.82, 2.24) is 15.0 Å². The topological polar surface area (TPSA) is 92.3 Å². The molecule has 0 spiro atoms. The number of fused-ring (bicyclic) bond motifs is 1. The summed E-state index contributed by atoms with van der Waals surface area (Å²) in [6.45, 7) is 7.88. The molecule has 4 heterocycles. The van der Waals surface area contributed by atoms with E-state index in [1.807, 2.05) is 13.0 Å². The van der Waals surface area contributed by atoms with Crippen LogP contribution in [0.4, 0.5) is 22.0 Å². The summed E-state index contributed by atoms with van der Waals surface area (Å²) >= 11 is 0. The summed E-state index contributed by atoms with van der Waals surface area (Å²) < 4.78 is 5.41. The van der Waals surface area contributed by atoms with E-state index in [9.17, 15) is 4.79 Å². The number of urea groups is 1. The largest absolute Gasteiger partial charge is 0.380 e. The van der Waals surface area contributed by atoms with Crippen molar-refractivity contribution in [3.63, 3.8) is 0 Å². The molecule has 0 radical (unpaired) electrons. The van der Waals surface area contributed by atoms with Crippen LogP contribution in [0, 0.1) is 12.3 Å². The molecule has 2 aromatic heterocycles. The summed E-state index contributed by atoms with van der Waals surface area (Å²) in [5, 5.41) is 5.49. The average Bonchev–Trinajstić information content (AvgIpc) is 3.16. The zero-order valence-electron chi connectivity index (χ0n) is 18.3. The lowest BCUT2D eigenvalue weighted by molar-refractivity contribution is -0.0954. The van der Waals surface area contributed by atoms with Crippen LogP contribution in [0.1, 0.15) is 18.2 Å². The molecule has 5 rings (SSSR count). The van der Waals surface area contributed by atoms with Gasteiger partial charge in [0.05, 0.1) is 43.2 Å². The molecule has 8 heteroatoms. The van der Waals surface area contributed by atoms with E-state index in [0.717, 1.165) is 49.7 Å². The second-order valence-electron chi connectivity index (χ2n) is 8.88. The molecule has 3 aromatic rings. The van der Waals surface area contributed by atoms with Gasteiger partial charge in [-0.25, -0.2) is 9.78 Å². The van der Waals surface area contributed by atoms with Crippen molar-refractivity contribution in [3.05, 3.63) is 60.2 Å². The van der Waals surface area contributed by atoms with Crippen molar-refractivity contribution in [2.24, 2.45) is 5.41 Å². The van der Waals surface area contributed by atoms with Gasteiger partial charge in [0.2, 0.25) is 0 Å². The number of amides is 2. The number of hydrogen-bond donors (Lipinski definition) is 2. The Balaban J connectivity index is 1.28. The van der Waals surface area contributed by atoms with Crippen molar-refractivity contribution in [3.8, 4) is 11.3 Å². The van der Waals surface area contributed by atoms with E-state index in [0.29, 0.717) is 11.5 Å². The van der Waals surface area contributed by atoms with Gasteiger partial charge in [-0.3, -0.25) is 15.3 Å². The molecule has 2 aliphatic heterocycles. The van der Waals surface area contributed by atoms with Gasteiger partial charge >= 0.3 is 6.03 Å². The van der Waals surface area contributed by atoms with Crippen molar-refractivity contribution in [2.45, 2.75) is 20.3 Å². The molecular formula is C24H26N6O2. The predicted molar refractivity (Wildman–Crippen MR) is 124 cm³/mol. The van der Waals surface area contributed by atoms with Crippen molar-refractivity contribution < 1.29 is 9.53 Å². The standard InChI is InChI=1S/C24H26N6O2/c1-16-3-5-19(10-26-16)27-23(31)29-22-12-25-11-20(28-22)17-4-6-21-18(9-17)7-8-30(21)13-24(2)14-32-15-24/h3-6,9-12H,7-8,13-15H2,1-2H3,(H2,27,28,29,31). The lowest BCUT2D eigenvalue weighted by atomic mass is 9.88. The van der Waals surface area contributed by atoms with Gasteiger partial charge in [0.25, 0.3) is 0 Å². The Morgan fingerprint density at radius 1 is 1.16 bits per heavy atom. The zero-order valence-corrected chi connectivity index (χ0v) is 18.3. The van der Waals surface area contributed by atoms with E-state index >= 15 is 0 Å². The molecule has 2 aliphatic rings. The van der Waals surface area contributed by atoms with E-state index in [1.54, 1.807) is 18.5 Å². The van der Waals surface area contributed by atoms with Gasteiger partial charge in [0.1, 0.15) is 0 Å². The molecule has 164 valence electrons.